The van der Waals surface area contributed by atoms with Crippen LogP contribution in [0.1, 0.15) is 23.2 Å². The Morgan fingerprint density at radius 3 is 2.40 bits per heavy atom. The minimum absolute atomic E-state index is 0.00180. The fourth-order valence-corrected chi connectivity index (χ4v) is 2.88. The Kier molecular flexibility index (Phi) is 3.10. The molecule has 104 valence electrons. The summed E-state index contributed by atoms with van der Waals surface area (Å²) in [5.74, 6) is -1.99. The van der Waals surface area contributed by atoms with Crippen LogP contribution in [0.25, 0.3) is 0 Å². The number of aromatic carboxylic acids is 1. The highest BCUT2D eigenvalue weighted by molar-refractivity contribution is 9.10. The molecule has 7 heteroatoms. The second-order valence-corrected chi connectivity index (χ2v) is 5.53. The molecule has 2 aliphatic heterocycles. The van der Waals surface area contributed by atoms with Gasteiger partial charge in [-0.1, -0.05) is 0 Å². The molecule has 1 aromatic rings. The van der Waals surface area contributed by atoms with Crippen LogP contribution in [0.15, 0.2) is 22.7 Å². The van der Waals surface area contributed by atoms with Gasteiger partial charge in [-0.15, -0.1) is 0 Å². The number of carbonyl (C=O) groups is 3. The number of halogens is 1. The van der Waals surface area contributed by atoms with Crippen LogP contribution in [0.4, 0.5) is 5.69 Å². The highest BCUT2D eigenvalue weighted by atomic mass is 79.9. The van der Waals surface area contributed by atoms with Crippen molar-refractivity contribution in [1.29, 1.82) is 0 Å². The molecule has 2 fully saturated rings. The Bertz CT molecular complexity index is 607. The maximum atomic E-state index is 12.2. The molecule has 1 aromatic carbocycles. The summed E-state index contributed by atoms with van der Waals surface area (Å²) in [6, 6.07) is 4.36. The van der Waals surface area contributed by atoms with Crippen molar-refractivity contribution >= 4 is 39.4 Å². The monoisotopic (exact) mass is 339 g/mol. The normalized spacial score (nSPS) is 25.1. The third-order valence-corrected chi connectivity index (χ3v) is 4.14. The predicted molar refractivity (Wildman–Crippen MR) is 71.5 cm³/mol. The summed E-state index contributed by atoms with van der Waals surface area (Å²) >= 11 is 3.13. The largest absolute Gasteiger partial charge is 0.478 e. The second-order valence-electron chi connectivity index (χ2n) is 4.67. The molecule has 20 heavy (non-hydrogen) atoms. The van der Waals surface area contributed by atoms with Crippen LogP contribution in [0.5, 0.6) is 0 Å². The van der Waals surface area contributed by atoms with Crippen LogP contribution in [-0.4, -0.2) is 35.1 Å². The number of rotatable bonds is 2. The van der Waals surface area contributed by atoms with Gasteiger partial charge in [-0.25, -0.2) is 9.69 Å². The molecule has 3 rings (SSSR count). The van der Waals surface area contributed by atoms with E-state index in [0.717, 1.165) is 4.90 Å². The van der Waals surface area contributed by atoms with E-state index in [-0.39, 0.29) is 11.3 Å². The van der Waals surface area contributed by atoms with Gasteiger partial charge in [0.1, 0.15) is 12.2 Å². The van der Waals surface area contributed by atoms with E-state index < -0.39 is 30.0 Å². The highest BCUT2D eigenvalue weighted by Crippen LogP contribution is 2.33. The van der Waals surface area contributed by atoms with Crippen LogP contribution < -0.4 is 4.90 Å². The van der Waals surface area contributed by atoms with Crippen molar-refractivity contribution in [3.05, 3.63) is 28.2 Å². The standard InChI is InChI=1S/C13H10BrNO5/c14-8-2-1-6(5-7(8)13(18)19)15-11(16)9-3-4-10(20-9)12(15)17/h1-2,5,9-10H,3-4H2,(H,18,19). The molecule has 2 unspecified atom stereocenters. The number of morpholine rings is 1. The Hall–Kier alpha value is -1.73. The highest BCUT2D eigenvalue weighted by Gasteiger charge is 2.47. The van der Waals surface area contributed by atoms with E-state index in [1.807, 2.05) is 0 Å². The van der Waals surface area contributed by atoms with Gasteiger partial charge < -0.3 is 9.84 Å². The summed E-state index contributed by atoms with van der Waals surface area (Å²) in [7, 11) is 0. The first-order chi connectivity index (χ1) is 9.49. The van der Waals surface area contributed by atoms with Gasteiger partial charge in [-0.3, -0.25) is 9.59 Å². The molecule has 2 aliphatic rings. The number of nitrogens with zero attached hydrogens (tertiary/aromatic N) is 1. The summed E-state index contributed by atoms with van der Waals surface area (Å²) in [4.78, 5) is 36.5. The third-order valence-electron chi connectivity index (χ3n) is 3.45. The van der Waals surface area contributed by atoms with Gasteiger partial charge in [0.2, 0.25) is 0 Å². The molecule has 2 saturated heterocycles. The molecule has 0 spiro atoms. The lowest BCUT2D eigenvalue weighted by Crippen LogP contribution is -2.52. The van der Waals surface area contributed by atoms with Crippen LogP contribution in [0, 0.1) is 0 Å². The first-order valence-corrected chi connectivity index (χ1v) is 6.84. The Morgan fingerprint density at radius 1 is 1.25 bits per heavy atom. The summed E-state index contributed by atoms with van der Waals surface area (Å²) in [5.41, 5.74) is 0.266. The molecule has 1 N–H and O–H groups in total. The number of hydrogen-bond donors (Lipinski definition) is 1. The van der Waals surface area contributed by atoms with Crippen molar-refractivity contribution < 1.29 is 24.2 Å². The molecule has 0 aliphatic carbocycles. The SMILES string of the molecule is O=C(O)c1cc(N2C(=O)C3CCC(O3)C2=O)ccc1Br. The van der Waals surface area contributed by atoms with E-state index in [9.17, 15) is 14.4 Å². The van der Waals surface area contributed by atoms with Crippen molar-refractivity contribution in [2.45, 2.75) is 25.0 Å². The predicted octanol–water partition coefficient (Wildman–Crippen LogP) is 1.57. The first-order valence-electron chi connectivity index (χ1n) is 6.05. The lowest BCUT2D eigenvalue weighted by molar-refractivity contribution is -0.146. The van der Waals surface area contributed by atoms with Crippen LogP contribution >= 0.6 is 15.9 Å². The van der Waals surface area contributed by atoms with Crippen LogP contribution in [0.2, 0.25) is 0 Å². The summed E-state index contributed by atoms with van der Waals surface area (Å²) in [6.07, 6.45) is -0.161. The average Bonchev–Trinajstić information content (AvgIpc) is 2.85. The van der Waals surface area contributed by atoms with Crippen LogP contribution in [-0.2, 0) is 14.3 Å². The van der Waals surface area contributed by atoms with E-state index in [4.69, 9.17) is 9.84 Å². The van der Waals surface area contributed by atoms with Gasteiger partial charge >= 0.3 is 5.97 Å². The van der Waals surface area contributed by atoms with E-state index in [1.54, 1.807) is 0 Å². The fraction of sp³-hybridized carbons (Fsp3) is 0.308. The van der Waals surface area contributed by atoms with Gasteiger partial charge in [0.25, 0.3) is 11.8 Å². The van der Waals surface area contributed by atoms with Gasteiger partial charge in [0.05, 0.1) is 11.3 Å². The average molecular weight is 340 g/mol. The molecule has 0 radical (unpaired) electrons. The van der Waals surface area contributed by atoms with Gasteiger partial charge in [-0.2, -0.15) is 0 Å². The number of benzene rings is 1. The van der Waals surface area contributed by atoms with E-state index >= 15 is 0 Å². The van der Waals surface area contributed by atoms with Crippen LogP contribution in [0.3, 0.4) is 0 Å². The van der Waals surface area contributed by atoms with Gasteiger partial charge in [0, 0.05) is 4.47 Å². The molecular formula is C13H10BrNO5. The van der Waals surface area contributed by atoms with Crippen molar-refractivity contribution in [3.63, 3.8) is 0 Å². The summed E-state index contributed by atoms with van der Waals surface area (Å²) in [5, 5.41) is 9.09. The van der Waals surface area contributed by atoms with Gasteiger partial charge in [0.15, 0.2) is 0 Å². The van der Waals surface area contributed by atoms with Crippen molar-refractivity contribution in [2.75, 3.05) is 4.90 Å². The third kappa shape index (κ3) is 1.94. The molecule has 6 nitrogen and oxygen atoms in total. The number of hydrogen-bond acceptors (Lipinski definition) is 4. The number of amides is 2. The van der Waals surface area contributed by atoms with E-state index in [1.165, 1.54) is 18.2 Å². The van der Waals surface area contributed by atoms with E-state index in [0.29, 0.717) is 17.3 Å². The summed E-state index contributed by atoms with van der Waals surface area (Å²) in [6.45, 7) is 0. The fourth-order valence-electron chi connectivity index (χ4n) is 2.47. The number of carboxylic acids is 1. The van der Waals surface area contributed by atoms with Crippen molar-refractivity contribution in [1.82, 2.24) is 0 Å². The summed E-state index contributed by atoms with van der Waals surface area (Å²) < 4.78 is 5.70. The zero-order chi connectivity index (χ0) is 14.4. The minimum atomic E-state index is -1.13. The number of carboxylic acid groups (broad SMARTS) is 1. The molecule has 2 heterocycles. The molecule has 0 aromatic heterocycles. The number of imide groups is 1. The topological polar surface area (TPSA) is 83.9 Å². The lowest BCUT2D eigenvalue weighted by Gasteiger charge is -2.30. The van der Waals surface area contributed by atoms with Crippen molar-refractivity contribution in [3.8, 4) is 0 Å². The minimum Gasteiger partial charge on any atom is -0.478 e. The zero-order valence-electron chi connectivity index (χ0n) is 10.2. The molecule has 0 saturated carbocycles. The maximum absolute atomic E-state index is 12.2. The molecule has 2 amide bonds. The van der Waals surface area contributed by atoms with Gasteiger partial charge in [-0.05, 0) is 47.0 Å². The number of ether oxygens (including phenoxy) is 1. The number of anilines is 1. The maximum Gasteiger partial charge on any atom is 0.336 e. The van der Waals surface area contributed by atoms with Crippen molar-refractivity contribution in [2.24, 2.45) is 0 Å². The second kappa shape index (κ2) is 4.68. The molecule has 2 bridgehead atoms. The first kappa shape index (κ1) is 13.3. The Labute approximate surface area is 122 Å². The zero-order valence-corrected chi connectivity index (χ0v) is 11.8. The molecule has 2 atom stereocenters. The van der Waals surface area contributed by atoms with E-state index in [2.05, 4.69) is 15.9 Å². The molecular weight excluding hydrogens is 330 g/mol. The number of carbonyl (C=O) groups excluding carboxylic acids is 2. The quantitative estimate of drug-likeness (QED) is 0.826. The lowest BCUT2D eigenvalue weighted by atomic mass is 10.1. The Morgan fingerprint density at radius 2 is 1.85 bits per heavy atom. The Balaban J connectivity index is 2.04. The smallest absolute Gasteiger partial charge is 0.336 e. The number of fused-ring (bicyclic) bond motifs is 2.